The smallest absolute Gasteiger partial charge is 0.0915 e. The van der Waals surface area contributed by atoms with Crippen molar-refractivity contribution in [3.63, 3.8) is 0 Å². The lowest BCUT2D eigenvalue weighted by Gasteiger charge is -2.37. The lowest BCUT2D eigenvalue weighted by molar-refractivity contribution is 0.795. The van der Waals surface area contributed by atoms with Gasteiger partial charge in [0.25, 0.3) is 0 Å². The molecule has 0 amide bonds. The summed E-state index contributed by atoms with van der Waals surface area (Å²) in [5.41, 5.74) is -0.0518. The molecule has 1 rings (SSSR count). The van der Waals surface area contributed by atoms with Crippen molar-refractivity contribution in [3.05, 3.63) is 41.3 Å². The molecule has 0 aliphatic rings. The highest BCUT2D eigenvalue weighted by Crippen LogP contribution is 2.60. The number of benzene rings is 1. The predicted octanol–water partition coefficient (Wildman–Crippen LogP) is 11.1. The zero-order chi connectivity index (χ0) is 23.4. The van der Waals surface area contributed by atoms with Gasteiger partial charge in [0.05, 0.1) is 0 Å². The van der Waals surface area contributed by atoms with Crippen molar-refractivity contribution in [2.24, 2.45) is 0 Å². The first-order chi connectivity index (χ1) is 12.5. The summed E-state index contributed by atoms with van der Waals surface area (Å²) in [6.07, 6.45) is -0.0415. The Labute approximate surface area is 243 Å². The van der Waals surface area contributed by atoms with E-state index in [1.54, 1.807) is 0 Å². The molecule has 1 aromatic rings. The molecule has 29 heavy (non-hydrogen) atoms. The molecule has 0 saturated carbocycles. The van der Waals surface area contributed by atoms with E-state index in [-0.39, 0.29) is 28.7 Å². The fourth-order valence-corrected chi connectivity index (χ4v) is 3.98. The average molecular weight is 706 g/mol. The maximum atomic E-state index is 6.37. The Balaban J connectivity index is 4.16. The molecule has 1 aromatic carbocycles. The third kappa shape index (κ3) is 6.23. The van der Waals surface area contributed by atoms with Gasteiger partial charge in [0.1, 0.15) is 0 Å². The van der Waals surface area contributed by atoms with Crippen molar-refractivity contribution in [3.8, 4) is 0 Å². The van der Waals surface area contributed by atoms with Crippen LogP contribution in [0.3, 0.4) is 0 Å². The van der Waals surface area contributed by atoms with Crippen molar-refractivity contribution in [1.29, 1.82) is 0 Å². The van der Waals surface area contributed by atoms with Crippen molar-refractivity contribution in [2.75, 3.05) is 0 Å². The van der Waals surface area contributed by atoms with Gasteiger partial charge in [-0.05, 0) is 47.7 Å². The molecule has 0 unspecified atom stereocenters. The summed E-state index contributed by atoms with van der Waals surface area (Å²) in [5, 5.41) is 0. The van der Waals surface area contributed by atoms with E-state index in [4.69, 9.17) is 174 Å². The molecule has 0 nitrogen and oxygen atoms in total. The fourth-order valence-electron chi connectivity index (χ4n) is 2.15. The molecule has 0 atom stereocenters. The molecule has 1 radical (unpaired) electrons. The van der Waals surface area contributed by atoms with Crippen LogP contribution in [0.1, 0.15) is 22.3 Å². The minimum atomic E-state index is -2.27. The lowest BCUT2D eigenvalue weighted by Crippen LogP contribution is -2.36. The summed E-state index contributed by atoms with van der Waals surface area (Å²) >= 11 is 91.5. The topological polar surface area (TPSA) is 0 Å². The van der Waals surface area contributed by atoms with E-state index in [0.717, 1.165) is 0 Å². The molecule has 0 saturated heterocycles. The van der Waals surface area contributed by atoms with Crippen LogP contribution < -0.4 is 0 Å². The number of halogens is 15. The van der Waals surface area contributed by atoms with Crippen molar-refractivity contribution in [1.82, 2.24) is 0 Å². The van der Waals surface area contributed by atoms with Crippen LogP contribution in [0.4, 0.5) is 0 Å². The van der Waals surface area contributed by atoms with E-state index in [9.17, 15) is 0 Å². The summed E-state index contributed by atoms with van der Waals surface area (Å²) in [7, 11) is 0. The summed E-state index contributed by atoms with van der Waals surface area (Å²) < 4.78 is -13.4. The second-order valence-electron chi connectivity index (χ2n) is 5.52. The summed E-state index contributed by atoms with van der Waals surface area (Å²) in [6, 6.07) is 2.49. The van der Waals surface area contributed by atoms with Crippen LogP contribution in [-0.2, 0) is 19.4 Å². The van der Waals surface area contributed by atoms with Gasteiger partial charge in [0.15, 0.2) is 13.0 Å². The number of hydrogen-bond donors (Lipinski definition) is 0. The first kappa shape index (κ1) is 30.6. The molecule has 0 N–H and O–H groups in total. The highest BCUT2D eigenvalue weighted by atomic mass is 35.6. The van der Waals surface area contributed by atoms with Crippen LogP contribution in [-0.4, -0.2) is 11.4 Å². The number of hydrogen-bond acceptors (Lipinski definition) is 0. The second kappa shape index (κ2) is 9.91. The monoisotopic (exact) mass is 699 g/mol. The first-order valence-corrected chi connectivity index (χ1v) is 12.5. The van der Waals surface area contributed by atoms with Crippen molar-refractivity contribution < 1.29 is 0 Å². The van der Waals surface area contributed by atoms with Crippen LogP contribution >= 0.6 is 174 Å². The third-order valence-corrected chi connectivity index (χ3v) is 10.9. The second-order valence-corrected chi connectivity index (χ2v) is 16.3. The minimum absolute atomic E-state index is 0.0415. The molecule has 0 heterocycles. The highest BCUT2D eigenvalue weighted by Gasteiger charge is 2.55. The predicted molar refractivity (Wildman–Crippen MR) is 137 cm³/mol. The quantitative estimate of drug-likeness (QED) is 0.274. The van der Waals surface area contributed by atoms with Crippen molar-refractivity contribution in [2.45, 2.75) is 30.8 Å². The molecule has 167 valence electrons. The van der Waals surface area contributed by atoms with Crippen molar-refractivity contribution >= 4 is 174 Å². The van der Waals surface area contributed by atoms with Gasteiger partial charge in [-0.25, -0.2) is 0 Å². The van der Waals surface area contributed by atoms with E-state index >= 15 is 0 Å². The zero-order valence-corrected chi connectivity index (χ0v) is 24.6. The average Bonchev–Trinajstić information content (AvgIpc) is 2.49. The number of alkyl halides is 15. The van der Waals surface area contributed by atoms with Gasteiger partial charge in [-0.1, -0.05) is 174 Å². The van der Waals surface area contributed by atoms with Gasteiger partial charge in [0.2, 0.25) is 11.4 Å². The zero-order valence-electron chi connectivity index (χ0n) is 13.2. The highest BCUT2D eigenvalue weighted by molar-refractivity contribution is 6.77. The van der Waals surface area contributed by atoms with E-state index < -0.39 is 24.4 Å². The van der Waals surface area contributed by atoms with E-state index in [0.29, 0.717) is 0 Å². The Morgan fingerprint density at radius 2 is 0.793 bits per heavy atom. The molecule has 0 aliphatic carbocycles. The van der Waals surface area contributed by atoms with E-state index in [2.05, 4.69) is 6.92 Å². The van der Waals surface area contributed by atoms with Crippen LogP contribution in [0.15, 0.2) is 12.1 Å². The summed E-state index contributed by atoms with van der Waals surface area (Å²) in [5.74, 6) is 0. The largest absolute Gasteiger partial charge is 0.227 e. The molecular weight excluding hydrogens is 700 g/mol. The Morgan fingerprint density at radius 1 is 0.517 bits per heavy atom. The van der Waals surface area contributed by atoms with Crippen LogP contribution in [0, 0.1) is 6.92 Å². The van der Waals surface area contributed by atoms with Crippen LogP contribution in [0.5, 0.6) is 0 Å². The van der Waals surface area contributed by atoms with Gasteiger partial charge in [-0.15, -0.1) is 0 Å². The van der Waals surface area contributed by atoms with Crippen LogP contribution in [0.2, 0.25) is 0 Å². The third-order valence-electron chi connectivity index (χ3n) is 3.61. The van der Waals surface area contributed by atoms with E-state index in [1.165, 1.54) is 12.1 Å². The standard InChI is InChI=1S/C14H6Cl15/c1-2-6-7(10(17,18)13(24,25)26)3-5(9(15,16)12(21,22)23)4-8(6)11(19,20)14(27,28)29/h3-4H,1-2H2. The maximum Gasteiger partial charge on any atom is 0.227 e. The normalized spacial score (nSPS) is 15.0. The summed E-state index contributed by atoms with van der Waals surface area (Å²) in [4.78, 5) is 0. The Kier molecular flexibility index (Phi) is 10.5. The number of rotatable bonds is 4. The van der Waals surface area contributed by atoms with E-state index in [1.807, 2.05) is 0 Å². The molecule has 0 bridgehead atoms. The molecule has 0 aliphatic heterocycles. The SMILES string of the molecule is [CH2]Cc1c(C(Cl)(Cl)C(Cl)(Cl)Cl)cc(C(Cl)(Cl)C(Cl)(Cl)Cl)cc1C(Cl)(Cl)C(Cl)(Cl)Cl. The maximum absolute atomic E-state index is 6.37. The molecule has 15 heteroatoms. The summed E-state index contributed by atoms with van der Waals surface area (Å²) in [6.45, 7) is 3.77. The molecular formula is C14H6Cl15. The first-order valence-electron chi connectivity index (χ1n) is 6.84. The lowest BCUT2D eigenvalue weighted by atomic mass is 9.90. The van der Waals surface area contributed by atoms with Gasteiger partial charge in [0, 0.05) is 0 Å². The Morgan fingerprint density at radius 3 is 1.00 bits per heavy atom. The Hall–Kier alpha value is 3.57. The van der Waals surface area contributed by atoms with Gasteiger partial charge in [-0.3, -0.25) is 0 Å². The molecule has 0 spiro atoms. The fraction of sp³-hybridized carbons (Fsp3) is 0.500. The van der Waals surface area contributed by atoms with Gasteiger partial charge < -0.3 is 0 Å². The molecule has 0 aromatic heterocycles. The van der Waals surface area contributed by atoms with Crippen LogP contribution in [0.25, 0.3) is 0 Å². The molecule has 0 fully saturated rings. The van der Waals surface area contributed by atoms with Gasteiger partial charge >= 0.3 is 0 Å². The van der Waals surface area contributed by atoms with Gasteiger partial charge in [-0.2, -0.15) is 0 Å². The minimum Gasteiger partial charge on any atom is -0.0915 e. The Bertz CT molecular complexity index is 701.